The molecule has 2 fully saturated rings. The van der Waals surface area contributed by atoms with Crippen molar-refractivity contribution in [3.63, 3.8) is 0 Å². The fourth-order valence-electron chi connectivity index (χ4n) is 2.70. The molecular formula is C13H25ClN2O2. The Hall–Kier alpha value is -0.320. The predicted octanol–water partition coefficient (Wildman–Crippen LogP) is 1.63. The van der Waals surface area contributed by atoms with Gasteiger partial charge in [0.05, 0.1) is 12.7 Å². The third-order valence-electron chi connectivity index (χ3n) is 3.67. The van der Waals surface area contributed by atoms with Crippen LogP contribution in [0.2, 0.25) is 0 Å². The Balaban J connectivity index is 0.00000162. The molecular weight excluding hydrogens is 252 g/mol. The Labute approximate surface area is 116 Å². The van der Waals surface area contributed by atoms with Gasteiger partial charge in [0.2, 0.25) is 5.91 Å². The molecule has 1 heterocycles. The van der Waals surface area contributed by atoms with E-state index in [-0.39, 0.29) is 18.3 Å². The summed E-state index contributed by atoms with van der Waals surface area (Å²) in [5.74, 6) is 0.152. The van der Waals surface area contributed by atoms with E-state index in [1.807, 2.05) is 0 Å². The smallest absolute Gasteiger partial charge is 0.221 e. The third-order valence-corrected chi connectivity index (χ3v) is 3.67. The van der Waals surface area contributed by atoms with Gasteiger partial charge in [-0.15, -0.1) is 12.4 Å². The highest BCUT2D eigenvalue weighted by molar-refractivity contribution is 5.85. The van der Waals surface area contributed by atoms with Crippen LogP contribution in [0.5, 0.6) is 0 Å². The molecule has 5 heteroatoms. The minimum absolute atomic E-state index is 0. The first-order valence-corrected chi connectivity index (χ1v) is 6.96. The quantitative estimate of drug-likeness (QED) is 0.725. The van der Waals surface area contributed by atoms with Gasteiger partial charge in [0.25, 0.3) is 0 Å². The van der Waals surface area contributed by atoms with E-state index >= 15 is 0 Å². The zero-order valence-corrected chi connectivity index (χ0v) is 11.8. The lowest BCUT2D eigenvalue weighted by molar-refractivity contribution is -0.121. The molecule has 1 amide bonds. The average Bonchev–Trinajstić information content (AvgIpc) is 2.96. The van der Waals surface area contributed by atoms with Crippen LogP contribution in [0.15, 0.2) is 0 Å². The minimum atomic E-state index is 0. The Morgan fingerprint density at radius 1 is 1.22 bits per heavy atom. The van der Waals surface area contributed by atoms with Crippen LogP contribution in [-0.2, 0) is 9.53 Å². The maximum Gasteiger partial charge on any atom is 0.221 e. The molecule has 0 aromatic heterocycles. The van der Waals surface area contributed by atoms with E-state index in [1.54, 1.807) is 0 Å². The van der Waals surface area contributed by atoms with Crippen molar-refractivity contribution < 1.29 is 9.53 Å². The average molecular weight is 277 g/mol. The number of nitrogens with one attached hydrogen (secondary N) is 2. The van der Waals surface area contributed by atoms with E-state index in [9.17, 15) is 4.79 Å². The van der Waals surface area contributed by atoms with Gasteiger partial charge in [-0.05, 0) is 32.2 Å². The van der Waals surface area contributed by atoms with Gasteiger partial charge < -0.3 is 15.4 Å². The number of halogens is 1. The molecule has 0 spiro atoms. The van der Waals surface area contributed by atoms with Gasteiger partial charge in [-0.2, -0.15) is 0 Å². The molecule has 1 saturated heterocycles. The maximum absolute atomic E-state index is 11.6. The Bertz CT molecular complexity index is 239. The number of hydrogen-bond donors (Lipinski definition) is 2. The van der Waals surface area contributed by atoms with Crippen molar-refractivity contribution in [2.75, 3.05) is 19.7 Å². The molecule has 1 atom stereocenters. The second kappa shape index (κ2) is 8.73. The van der Waals surface area contributed by atoms with Gasteiger partial charge in [-0.3, -0.25) is 4.79 Å². The largest absolute Gasteiger partial charge is 0.376 e. The summed E-state index contributed by atoms with van der Waals surface area (Å²) in [5, 5.41) is 6.26. The van der Waals surface area contributed by atoms with E-state index in [1.165, 1.54) is 32.1 Å². The fourth-order valence-corrected chi connectivity index (χ4v) is 2.70. The maximum atomic E-state index is 11.6. The molecule has 0 bridgehead atoms. The number of hydrogen-bond acceptors (Lipinski definition) is 3. The summed E-state index contributed by atoms with van der Waals surface area (Å²) in [6.07, 6.45) is 8.37. The van der Waals surface area contributed by atoms with Gasteiger partial charge in [0.15, 0.2) is 0 Å². The summed E-state index contributed by atoms with van der Waals surface area (Å²) < 4.78 is 5.69. The van der Waals surface area contributed by atoms with Crippen LogP contribution in [0.3, 0.4) is 0 Å². The molecule has 0 aromatic carbocycles. The van der Waals surface area contributed by atoms with Gasteiger partial charge in [0.1, 0.15) is 0 Å². The zero-order valence-electron chi connectivity index (χ0n) is 11.0. The standard InChI is InChI=1S/C13H24N2O2.ClH/c16-13(10-11-4-3-7-14-11)15-8-9-17-12-5-1-2-6-12;/h11-12,14H,1-10H2,(H,15,16);1H. The summed E-state index contributed by atoms with van der Waals surface area (Å²) >= 11 is 0. The van der Waals surface area contributed by atoms with Crippen molar-refractivity contribution in [1.29, 1.82) is 0 Å². The lowest BCUT2D eigenvalue weighted by Crippen LogP contribution is -2.34. The second-order valence-corrected chi connectivity index (χ2v) is 5.12. The van der Waals surface area contributed by atoms with E-state index in [0.717, 1.165) is 13.0 Å². The summed E-state index contributed by atoms with van der Waals surface area (Å²) in [5.41, 5.74) is 0. The predicted molar refractivity (Wildman–Crippen MR) is 74.1 cm³/mol. The highest BCUT2D eigenvalue weighted by atomic mass is 35.5. The van der Waals surface area contributed by atoms with Gasteiger partial charge in [0, 0.05) is 19.0 Å². The molecule has 0 aromatic rings. The van der Waals surface area contributed by atoms with E-state index < -0.39 is 0 Å². The molecule has 2 rings (SSSR count). The number of carbonyl (C=O) groups excluding carboxylic acids is 1. The number of carbonyl (C=O) groups is 1. The second-order valence-electron chi connectivity index (χ2n) is 5.12. The highest BCUT2D eigenvalue weighted by Crippen LogP contribution is 2.20. The van der Waals surface area contributed by atoms with E-state index in [4.69, 9.17) is 4.74 Å². The van der Waals surface area contributed by atoms with E-state index in [2.05, 4.69) is 10.6 Å². The molecule has 1 aliphatic carbocycles. The van der Waals surface area contributed by atoms with Crippen LogP contribution in [0.1, 0.15) is 44.9 Å². The Morgan fingerprint density at radius 2 is 2.00 bits per heavy atom. The fraction of sp³-hybridized carbons (Fsp3) is 0.923. The summed E-state index contributed by atoms with van der Waals surface area (Å²) in [7, 11) is 0. The van der Waals surface area contributed by atoms with Crippen molar-refractivity contribution in [3.05, 3.63) is 0 Å². The molecule has 18 heavy (non-hydrogen) atoms. The van der Waals surface area contributed by atoms with Crippen molar-refractivity contribution in [2.45, 2.75) is 57.1 Å². The Kier molecular flexibility index (Phi) is 7.63. The van der Waals surface area contributed by atoms with Gasteiger partial charge >= 0.3 is 0 Å². The van der Waals surface area contributed by atoms with E-state index in [0.29, 0.717) is 31.7 Å². The summed E-state index contributed by atoms with van der Waals surface area (Å²) in [6.45, 7) is 2.37. The number of ether oxygens (including phenoxy) is 1. The SMILES string of the molecule is Cl.O=C(CC1CCCN1)NCCOC1CCCC1. The highest BCUT2D eigenvalue weighted by Gasteiger charge is 2.18. The minimum Gasteiger partial charge on any atom is -0.376 e. The van der Waals surface area contributed by atoms with Crippen LogP contribution in [0, 0.1) is 0 Å². The summed E-state index contributed by atoms with van der Waals surface area (Å²) in [6, 6.07) is 0.394. The van der Waals surface area contributed by atoms with Gasteiger partial charge in [-0.25, -0.2) is 0 Å². The van der Waals surface area contributed by atoms with Crippen LogP contribution in [-0.4, -0.2) is 37.7 Å². The van der Waals surface area contributed by atoms with Crippen LogP contribution in [0.25, 0.3) is 0 Å². The zero-order chi connectivity index (χ0) is 11.9. The van der Waals surface area contributed by atoms with Crippen molar-refractivity contribution >= 4 is 18.3 Å². The molecule has 1 saturated carbocycles. The first kappa shape index (κ1) is 15.7. The van der Waals surface area contributed by atoms with Crippen molar-refractivity contribution in [3.8, 4) is 0 Å². The molecule has 2 aliphatic rings. The van der Waals surface area contributed by atoms with Crippen molar-refractivity contribution in [2.24, 2.45) is 0 Å². The topological polar surface area (TPSA) is 50.4 Å². The lowest BCUT2D eigenvalue weighted by Gasteiger charge is -2.13. The third kappa shape index (κ3) is 5.55. The lowest BCUT2D eigenvalue weighted by atomic mass is 10.1. The first-order chi connectivity index (χ1) is 8.34. The van der Waals surface area contributed by atoms with Crippen LogP contribution >= 0.6 is 12.4 Å². The molecule has 1 aliphatic heterocycles. The van der Waals surface area contributed by atoms with Gasteiger partial charge in [-0.1, -0.05) is 12.8 Å². The number of amides is 1. The molecule has 4 nitrogen and oxygen atoms in total. The normalized spacial score (nSPS) is 23.9. The van der Waals surface area contributed by atoms with Crippen LogP contribution < -0.4 is 10.6 Å². The molecule has 2 N–H and O–H groups in total. The monoisotopic (exact) mass is 276 g/mol. The number of rotatable bonds is 6. The first-order valence-electron chi connectivity index (χ1n) is 6.96. The molecule has 0 radical (unpaired) electrons. The van der Waals surface area contributed by atoms with Crippen LogP contribution in [0.4, 0.5) is 0 Å². The molecule has 106 valence electrons. The summed E-state index contributed by atoms with van der Waals surface area (Å²) in [4.78, 5) is 11.6. The van der Waals surface area contributed by atoms with Crippen molar-refractivity contribution in [1.82, 2.24) is 10.6 Å². The molecule has 1 unspecified atom stereocenters. The Morgan fingerprint density at radius 3 is 2.67 bits per heavy atom.